The number of H-pyrrole nitrogens is 1. The standard InChI is InChI=1S/C15H20N4O2/c1-8(2)12(7-20)19-15(21)10-5-16-14-13(10)18-11(6-17-14)9-3-4-9/h5-6,8-9,12,20H,3-4,7H2,1-2H3,(H,16,17)(H,19,21)/t12-/m0/s1. The Kier molecular flexibility index (Phi) is 3.63. The Labute approximate surface area is 123 Å². The molecule has 1 saturated carbocycles. The number of nitrogens with zero attached hydrogens (tertiary/aromatic N) is 2. The highest BCUT2D eigenvalue weighted by Gasteiger charge is 2.27. The number of hydrogen-bond acceptors (Lipinski definition) is 4. The van der Waals surface area contributed by atoms with Gasteiger partial charge in [-0.05, 0) is 18.8 Å². The fraction of sp³-hybridized carbons (Fsp3) is 0.533. The fourth-order valence-electron chi connectivity index (χ4n) is 2.32. The average molecular weight is 288 g/mol. The van der Waals surface area contributed by atoms with Gasteiger partial charge in [-0.1, -0.05) is 13.8 Å². The predicted molar refractivity (Wildman–Crippen MR) is 79.0 cm³/mol. The lowest BCUT2D eigenvalue weighted by Gasteiger charge is -2.19. The van der Waals surface area contributed by atoms with Crippen molar-refractivity contribution in [3.8, 4) is 0 Å². The summed E-state index contributed by atoms with van der Waals surface area (Å²) in [6.45, 7) is 3.84. The maximum absolute atomic E-state index is 12.4. The number of aliphatic hydroxyl groups is 1. The van der Waals surface area contributed by atoms with E-state index in [4.69, 9.17) is 0 Å². The van der Waals surface area contributed by atoms with Crippen molar-refractivity contribution in [2.45, 2.75) is 38.6 Å². The Morgan fingerprint density at radius 1 is 1.52 bits per heavy atom. The third-order valence-electron chi connectivity index (χ3n) is 3.96. The van der Waals surface area contributed by atoms with E-state index in [1.54, 1.807) is 12.4 Å². The molecule has 2 heterocycles. The molecule has 1 aliphatic carbocycles. The van der Waals surface area contributed by atoms with Crippen LogP contribution in [0.3, 0.4) is 0 Å². The van der Waals surface area contributed by atoms with E-state index < -0.39 is 0 Å². The maximum atomic E-state index is 12.4. The van der Waals surface area contributed by atoms with Gasteiger partial charge in [0, 0.05) is 12.1 Å². The number of fused-ring (bicyclic) bond motifs is 1. The summed E-state index contributed by atoms with van der Waals surface area (Å²) in [7, 11) is 0. The number of carbonyl (C=O) groups is 1. The molecule has 6 heteroatoms. The first-order chi connectivity index (χ1) is 10.1. The number of rotatable bonds is 5. The Hall–Kier alpha value is -1.95. The van der Waals surface area contributed by atoms with Gasteiger partial charge in [0.2, 0.25) is 0 Å². The van der Waals surface area contributed by atoms with Gasteiger partial charge in [0.15, 0.2) is 5.65 Å². The van der Waals surface area contributed by atoms with Crippen LogP contribution in [0.25, 0.3) is 11.2 Å². The Morgan fingerprint density at radius 3 is 2.90 bits per heavy atom. The van der Waals surface area contributed by atoms with Gasteiger partial charge in [-0.25, -0.2) is 9.97 Å². The SMILES string of the molecule is CC(C)[C@H](CO)NC(=O)c1c[nH]c2ncc(C3CC3)nc12. The summed E-state index contributed by atoms with van der Waals surface area (Å²) in [6, 6.07) is -0.262. The second kappa shape index (κ2) is 5.44. The van der Waals surface area contributed by atoms with Crippen molar-refractivity contribution in [2.75, 3.05) is 6.61 Å². The second-order valence-corrected chi connectivity index (χ2v) is 5.98. The first-order valence-corrected chi connectivity index (χ1v) is 7.36. The van der Waals surface area contributed by atoms with Crippen LogP contribution >= 0.6 is 0 Å². The van der Waals surface area contributed by atoms with E-state index in [1.165, 1.54) is 0 Å². The van der Waals surface area contributed by atoms with Crippen LogP contribution < -0.4 is 5.32 Å². The summed E-state index contributed by atoms with van der Waals surface area (Å²) in [5, 5.41) is 12.2. The molecule has 21 heavy (non-hydrogen) atoms. The highest BCUT2D eigenvalue weighted by molar-refractivity contribution is 6.04. The minimum absolute atomic E-state index is 0.0786. The van der Waals surface area contributed by atoms with Crippen LogP contribution in [0.2, 0.25) is 0 Å². The minimum atomic E-state index is -0.262. The van der Waals surface area contributed by atoms with E-state index in [1.807, 2.05) is 13.8 Å². The zero-order valence-corrected chi connectivity index (χ0v) is 12.3. The van der Waals surface area contributed by atoms with Crippen molar-refractivity contribution in [3.05, 3.63) is 23.7 Å². The molecule has 0 aliphatic heterocycles. The molecule has 0 aromatic carbocycles. The number of aliphatic hydroxyl groups excluding tert-OH is 1. The molecule has 3 N–H and O–H groups in total. The summed E-state index contributed by atoms with van der Waals surface area (Å²) in [5.41, 5.74) is 2.67. The Balaban J connectivity index is 1.88. The monoisotopic (exact) mass is 288 g/mol. The minimum Gasteiger partial charge on any atom is -0.394 e. The second-order valence-electron chi connectivity index (χ2n) is 5.98. The fourth-order valence-corrected chi connectivity index (χ4v) is 2.32. The molecule has 6 nitrogen and oxygen atoms in total. The third-order valence-corrected chi connectivity index (χ3v) is 3.96. The smallest absolute Gasteiger partial charge is 0.255 e. The molecule has 2 aromatic rings. The van der Waals surface area contributed by atoms with Gasteiger partial charge in [-0.2, -0.15) is 0 Å². The Morgan fingerprint density at radius 2 is 2.29 bits per heavy atom. The van der Waals surface area contributed by atoms with E-state index in [0.717, 1.165) is 18.5 Å². The molecule has 0 spiro atoms. The predicted octanol–water partition coefficient (Wildman–Crippen LogP) is 1.58. The van der Waals surface area contributed by atoms with Gasteiger partial charge in [0.05, 0.1) is 30.1 Å². The summed E-state index contributed by atoms with van der Waals surface area (Å²) in [5.74, 6) is 0.432. The van der Waals surface area contributed by atoms with Gasteiger partial charge in [0.25, 0.3) is 5.91 Å². The van der Waals surface area contributed by atoms with Crippen molar-refractivity contribution < 1.29 is 9.90 Å². The van der Waals surface area contributed by atoms with Crippen molar-refractivity contribution in [2.24, 2.45) is 5.92 Å². The summed E-state index contributed by atoms with van der Waals surface area (Å²) < 4.78 is 0. The summed E-state index contributed by atoms with van der Waals surface area (Å²) in [4.78, 5) is 24.3. The molecule has 3 rings (SSSR count). The lowest BCUT2D eigenvalue weighted by atomic mass is 10.1. The molecular formula is C15H20N4O2. The van der Waals surface area contributed by atoms with E-state index in [0.29, 0.717) is 22.6 Å². The Bertz CT molecular complexity index is 661. The van der Waals surface area contributed by atoms with Crippen molar-refractivity contribution in [3.63, 3.8) is 0 Å². The summed E-state index contributed by atoms with van der Waals surface area (Å²) in [6.07, 6.45) is 5.70. The van der Waals surface area contributed by atoms with Crippen LogP contribution in [0.15, 0.2) is 12.4 Å². The zero-order valence-electron chi connectivity index (χ0n) is 12.3. The summed E-state index contributed by atoms with van der Waals surface area (Å²) >= 11 is 0. The van der Waals surface area contributed by atoms with Gasteiger partial charge in [0.1, 0.15) is 5.52 Å². The first-order valence-electron chi connectivity index (χ1n) is 7.36. The molecule has 0 saturated heterocycles. The van der Waals surface area contributed by atoms with Crippen LogP contribution in [0.4, 0.5) is 0 Å². The van der Waals surface area contributed by atoms with Crippen LogP contribution in [0, 0.1) is 5.92 Å². The van der Waals surface area contributed by atoms with Crippen LogP contribution in [-0.4, -0.2) is 38.6 Å². The number of nitrogens with one attached hydrogen (secondary N) is 2. The number of amides is 1. The van der Waals surface area contributed by atoms with Gasteiger partial charge in [-0.3, -0.25) is 4.79 Å². The highest BCUT2D eigenvalue weighted by atomic mass is 16.3. The largest absolute Gasteiger partial charge is 0.394 e. The number of carbonyl (C=O) groups excluding carboxylic acids is 1. The van der Waals surface area contributed by atoms with Crippen molar-refractivity contribution >= 4 is 17.1 Å². The molecule has 112 valence electrons. The molecule has 0 unspecified atom stereocenters. The molecule has 1 aliphatic rings. The van der Waals surface area contributed by atoms with Crippen molar-refractivity contribution in [1.82, 2.24) is 20.3 Å². The molecule has 1 atom stereocenters. The van der Waals surface area contributed by atoms with E-state index in [9.17, 15) is 9.90 Å². The van der Waals surface area contributed by atoms with E-state index >= 15 is 0 Å². The lowest BCUT2D eigenvalue weighted by molar-refractivity contribution is 0.0898. The van der Waals surface area contributed by atoms with E-state index in [-0.39, 0.29) is 24.5 Å². The van der Waals surface area contributed by atoms with E-state index in [2.05, 4.69) is 20.3 Å². The van der Waals surface area contributed by atoms with Gasteiger partial charge in [-0.15, -0.1) is 0 Å². The van der Waals surface area contributed by atoms with Crippen LogP contribution in [0.5, 0.6) is 0 Å². The number of aromatic amines is 1. The molecule has 1 fully saturated rings. The van der Waals surface area contributed by atoms with Gasteiger partial charge < -0.3 is 15.4 Å². The molecule has 0 radical (unpaired) electrons. The maximum Gasteiger partial charge on any atom is 0.255 e. The van der Waals surface area contributed by atoms with Gasteiger partial charge >= 0.3 is 0 Å². The number of aromatic nitrogens is 3. The average Bonchev–Trinajstić information content (AvgIpc) is 3.23. The first kappa shape index (κ1) is 14.0. The molecule has 0 bridgehead atoms. The number of hydrogen-bond donors (Lipinski definition) is 3. The molecule has 2 aromatic heterocycles. The normalized spacial score (nSPS) is 16.4. The lowest BCUT2D eigenvalue weighted by Crippen LogP contribution is -2.41. The molecule has 1 amide bonds. The quantitative estimate of drug-likeness (QED) is 0.779. The topological polar surface area (TPSA) is 90.9 Å². The third kappa shape index (κ3) is 2.76. The molecular weight excluding hydrogens is 268 g/mol. The van der Waals surface area contributed by atoms with Crippen LogP contribution in [0.1, 0.15) is 48.7 Å². The highest BCUT2D eigenvalue weighted by Crippen LogP contribution is 2.39. The van der Waals surface area contributed by atoms with Crippen LogP contribution in [-0.2, 0) is 0 Å². The zero-order chi connectivity index (χ0) is 15.0. The van der Waals surface area contributed by atoms with Crippen molar-refractivity contribution in [1.29, 1.82) is 0 Å².